The van der Waals surface area contributed by atoms with Crippen LogP contribution in [0.3, 0.4) is 0 Å². The van der Waals surface area contributed by atoms with E-state index in [2.05, 4.69) is 24.3 Å². The molecule has 0 heterocycles. The molecule has 0 N–H and O–H groups in total. The van der Waals surface area contributed by atoms with Gasteiger partial charge in [-0.3, -0.25) is 4.79 Å². The highest BCUT2D eigenvalue weighted by molar-refractivity contribution is 6.59. The lowest BCUT2D eigenvalue weighted by atomic mass is 9.89. The second-order valence-electron chi connectivity index (χ2n) is 8.82. The Balaban J connectivity index is 1.76. The van der Waals surface area contributed by atoms with E-state index in [1.54, 1.807) is 14.2 Å². The van der Waals surface area contributed by atoms with Gasteiger partial charge in [0.2, 0.25) is 0 Å². The molecule has 0 fully saturated rings. The molecule has 0 atom stereocenters. The predicted molar refractivity (Wildman–Crippen MR) is 146 cm³/mol. The fourth-order valence-corrected chi connectivity index (χ4v) is 4.81. The molecule has 36 heavy (non-hydrogen) atoms. The van der Waals surface area contributed by atoms with Crippen molar-refractivity contribution in [3.05, 3.63) is 143 Å². The normalized spacial score (nSPS) is 13.6. The molecule has 0 bridgehead atoms. The fraction of sp³-hybridized carbons (Fsp3) is 0.121. The van der Waals surface area contributed by atoms with E-state index in [1.807, 2.05) is 84.9 Å². The Morgan fingerprint density at radius 2 is 0.778 bits per heavy atom. The van der Waals surface area contributed by atoms with Gasteiger partial charge in [0.15, 0.2) is 5.78 Å². The number of methoxy groups -OCH3 is 2. The van der Waals surface area contributed by atoms with Crippen LogP contribution in [0.2, 0.25) is 0 Å². The van der Waals surface area contributed by atoms with Crippen LogP contribution in [0.5, 0.6) is 0 Å². The Kier molecular flexibility index (Phi) is 7.03. The Morgan fingerprint density at radius 1 is 0.444 bits per heavy atom. The van der Waals surface area contributed by atoms with Crippen molar-refractivity contribution in [2.45, 2.75) is 13.2 Å². The molecule has 0 radical (unpaired) electrons. The van der Waals surface area contributed by atoms with Gasteiger partial charge in [-0.2, -0.15) is 0 Å². The highest BCUT2D eigenvalue weighted by atomic mass is 16.5. The van der Waals surface area contributed by atoms with Gasteiger partial charge < -0.3 is 9.47 Å². The van der Waals surface area contributed by atoms with Gasteiger partial charge in [-0.15, -0.1) is 0 Å². The van der Waals surface area contributed by atoms with Crippen molar-refractivity contribution in [3.8, 4) is 0 Å². The predicted octanol–water partition coefficient (Wildman–Crippen LogP) is 7.08. The van der Waals surface area contributed by atoms with Gasteiger partial charge in [0.25, 0.3) is 0 Å². The summed E-state index contributed by atoms with van der Waals surface area (Å²) in [6.07, 6.45) is 0. The number of benzene rings is 4. The van der Waals surface area contributed by atoms with Crippen LogP contribution >= 0.6 is 0 Å². The summed E-state index contributed by atoms with van der Waals surface area (Å²) in [4.78, 5) is 14.3. The molecular formula is C33H28O3. The van der Waals surface area contributed by atoms with Crippen molar-refractivity contribution in [2.75, 3.05) is 14.2 Å². The van der Waals surface area contributed by atoms with Gasteiger partial charge in [0, 0.05) is 36.5 Å². The van der Waals surface area contributed by atoms with E-state index in [4.69, 9.17) is 9.47 Å². The van der Waals surface area contributed by atoms with Gasteiger partial charge >= 0.3 is 0 Å². The Bertz CT molecular complexity index is 1300. The molecule has 0 saturated heterocycles. The summed E-state index contributed by atoms with van der Waals surface area (Å²) in [5, 5.41) is 0. The number of rotatable bonds is 8. The molecule has 0 saturated carbocycles. The molecule has 0 aromatic heterocycles. The van der Waals surface area contributed by atoms with Gasteiger partial charge in [-0.25, -0.2) is 0 Å². The molecule has 3 nitrogen and oxygen atoms in total. The Labute approximate surface area is 212 Å². The second kappa shape index (κ2) is 10.7. The molecule has 0 amide bonds. The molecule has 5 rings (SSSR count). The first kappa shape index (κ1) is 23.7. The second-order valence-corrected chi connectivity index (χ2v) is 8.82. The minimum Gasteiger partial charge on any atom is -0.380 e. The highest BCUT2D eigenvalue weighted by Gasteiger charge is 2.35. The molecular weight excluding hydrogens is 444 g/mol. The van der Waals surface area contributed by atoms with E-state index in [1.165, 1.54) is 0 Å². The molecule has 0 spiro atoms. The number of ether oxygens (including phenoxy) is 2. The van der Waals surface area contributed by atoms with Crippen molar-refractivity contribution in [1.29, 1.82) is 0 Å². The third kappa shape index (κ3) is 4.59. The Hall–Kier alpha value is -4.05. The summed E-state index contributed by atoms with van der Waals surface area (Å²) in [6.45, 7) is 1.07. The zero-order valence-electron chi connectivity index (χ0n) is 20.5. The average Bonchev–Trinajstić information content (AvgIpc) is 3.24. The van der Waals surface area contributed by atoms with Crippen molar-refractivity contribution >= 4 is 28.1 Å². The lowest BCUT2D eigenvalue weighted by Gasteiger charge is -2.14. The first-order valence-electron chi connectivity index (χ1n) is 12.0. The highest BCUT2D eigenvalue weighted by Crippen LogP contribution is 2.49. The van der Waals surface area contributed by atoms with Gasteiger partial charge in [-0.05, 0) is 33.4 Å². The molecule has 178 valence electrons. The number of carbonyl (C=O) groups excluding carboxylic acids is 1. The van der Waals surface area contributed by atoms with Gasteiger partial charge in [0.1, 0.15) is 0 Å². The number of carbonyl (C=O) groups is 1. The number of Topliss-reactive ketones (excluding diaryl/α,β-unsaturated/α-hetero) is 1. The van der Waals surface area contributed by atoms with Crippen LogP contribution < -0.4 is 0 Å². The van der Waals surface area contributed by atoms with Gasteiger partial charge in [-0.1, -0.05) is 109 Å². The van der Waals surface area contributed by atoms with Crippen LogP contribution in [0.4, 0.5) is 0 Å². The van der Waals surface area contributed by atoms with Crippen molar-refractivity contribution in [1.82, 2.24) is 0 Å². The molecule has 4 aromatic carbocycles. The maximum absolute atomic E-state index is 14.3. The van der Waals surface area contributed by atoms with Crippen LogP contribution in [0.25, 0.3) is 22.3 Å². The first-order chi connectivity index (χ1) is 17.7. The topological polar surface area (TPSA) is 35.5 Å². The number of hydrogen-bond acceptors (Lipinski definition) is 3. The largest absolute Gasteiger partial charge is 0.380 e. The monoisotopic (exact) mass is 472 g/mol. The average molecular weight is 473 g/mol. The van der Waals surface area contributed by atoms with Crippen LogP contribution in [-0.2, 0) is 27.5 Å². The molecule has 1 aliphatic carbocycles. The summed E-state index contributed by atoms with van der Waals surface area (Å²) in [6, 6.07) is 36.6. The smallest absolute Gasteiger partial charge is 0.195 e. The van der Waals surface area contributed by atoms with Crippen molar-refractivity contribution < 1.29 is 14.3 Å². The Morgan fingerprint density at radius 3 is 1.11 bits per heavy atom. The zero-order chi connectivity index (χ0) is 24.9. The maximum atomic E-state index is 14.3. The van der Waals surface area contributed by atoms with Crippen LogP contribution in [0, 0.1) is 0 Å². The van der Waals surface area contributed by atoms with E-state index in [0.717, 1.165) is 55.7 Å². The quantitative estimate of drug-likeness (QED) is 0.275. The summed E-state index contributed by atoms with van der Waals surface area (Å²) >= 11 is 0. The van der Waals surface area contributed by atoms with Crippen LogP contribution in [0.1, 0.15) is 33.4 Å². The lowest BCUT2D eigenvalue weighted by Crippen LogP contribution is -2.02. The number of hydrogen-bond donors (Lipinski definition) is 0. The first-order valence-corrected chi connectivity index (χ1v) is 12.0. The van der Waals surface area contributed by atoms with Crippen LogP contribution in [-0.4, -0.2) is 20.0 Å². The van der Waals surface area contributed by atoms with E-state index >= 15 is 0 Å². The van der Waals surface area contributed by atoms with E-state index in [9.17, 15) is 4.79 Å². The minimum absolute atomic E-state index is 0.0340. The fourth-order valence-electron chi connectivity index (χ4n) is 4.81. The summed E-state index contributed by atoms with van der Waals surface area (Å²) in [5.41, 5.74) is 9.34. The summed E-state index contributed by atoms with van der Waals surface area (Å²) in [7, 11) is 3.37. The van der Waals surface area contributed by atoms with E-state index < -0.39 is 0 Å². The molecule has 3 heteroatoms. The van der Waals surface area contributed by atoms with Crippen molar-refractivity contribution in [2.24, 2.45) is 0 Å². The molecule has 1 aliphatic rings. The van der Waals surface area contributed by atoms with Gasteiger partial charge in [0.05, 0.1) is 13.2 Å². The van der Waals surface area contributed by atoms with E-state index in [-0.39, 0.29) is 5.78 Å². The third-order valence-corrected chi connectivity index (χ3v) is 6.44. The summed E-state index contributed by atoms with van der Waals surface area (Å²) < 4.78 is 10.6. The number of ketones is 1. The minimum atomic E-state index is 0.0340. The SMILES string of the molecule is COCc1ccc(C2=C(c3ccccc3)C(c3ccccc3)=C(c3ccc(COC)cc3)C2=O)cc1. The molecule has 0 unspecified atom stereocenters. The molecule has 0 aliphatic heterocycles. The van der Waals surface area contributed by atoms with E-state index in [0.29, 0.717) is 13.2 Å². The third-order valence-electron chi connectivity index (χ3n) is 6.44. The lowest BCUT2D eigenvalue weighted by molar-refractivity contribution is -0.108. The zero-order valence-corrected chi connectivity index (χ0v) is 20.5. The standard InChI is InChI=1S/C33H28O3/c1-35-21-23-13-17-27(18-14-23)31-29(25-9-5-3-6-10-25)30(26-11-7-4-8-12-26)32(33(31)34)28-19-15-24(16-20-28)22-36-2/h3-20H,21-22H2,1-2H3. The van der Waals surface area contributed by atoms with Crippen LogP contribution in [0.15, 0.2) is 109 Å². The van der Waals surface area contributed by atoms with Crippen molar-refractivity contribution in [3.63, 3.8) is 0 Å². The maximum Gasteiger partial charge on any atom is 0.195 e. The molecule has 4 aromatic rings. The number of allylic oxidation sites excluding steroid dienone is 4. The summed E-state index contributed by atoms with van der Waals surface area (Å²) in [5.74, 6) is 0.0340.